The lowest BCUT2D eigenvalue weighted by atomic mass is 10.1. The number of rotatable bonds is 10. The van der Waals surface area contributed by atoms with E-state index in [4.69, 9.17) is 4.74 Å². The summed E-state index contributed by atoms with van der Waals surface area (Å²) in [4.78, 5) is 34.8. The number of likely N-dealkylation sites (N-methyl/N-ethyl adjacent to an activating group) is 1. The largest absolute Gasteiger partial charge is 0.466 e. The van der Waals surface area contributed by atoms with E-state index < -0.39 is 0 Å². The van der Waals surface area contributed by atoms with E-state index in [2.05, 4.69) is 16.8 Å². The highest BCUT2D eigenvalue weighted by Crippen LogP contribution is 2.26. The maximum absolute atomic E-state index is 13.3. The Morgan fingerprint density at radius 1 is 1.19 bits per heavy atom. The molecule has 1 aromatic carbocycles. The van der Waals surface area contributed by atoms with Gasteiger partial charge in [-0.05, 0) is 69.3 Å². The number of ether oxygens (including phenoxy) is 1. The topological polar surface area (TPSA) is 62.7 Å². The van der Waals surface area contributed by atoms with Crippen molar-refractivity contribution < 1.29 is 14.3 Å². The molecule has 0 N–H and O–H groups in total. The van der Waals surface area contributed by atoms with Gasteiger partial charge in [-0.15, -0.1) is 0 Å². The van der Waals surface area contributed by atoms with Gasteiger partial charge in [0.2, 0.25) is 0 Å². The van der Waals surface area contributed by atoms with Crippen molar-refractivity contribution in [2.24, 2.45) is 0 Å². The Bertz CT molecular complexity index is 845. The van der Waals surface area contributed by atoms with Gasteiger partial charge in [0.1, 0.15) is 5.03 Å². The maximum atomic E-state index is 13.3. The zero-order valence-corrected chi connectivity index (χ0v) is 19.1. The second kappa shape index (κ2) is 11.9. The Morgan fingerprint density at radius 2 is 2.00 bits per heavy atom. The minimum atomic E-state index is -0.263. The van der Waals surface area contributed by atoms with Gasteiger partial charge in [-0.3, -0.25) is 14.5 Å². The van der Waals surface area contributed by atoms with Crippen LogP contribution in [-0.4, -0.2) is 65.5 Å². The zero-order valence-electron chi connectivity index (χ0n) is 18.3. The number of likely N-dealkylation sites (tertiary alicyclic amines) is 1. The van der Waals surface area contributed by atoms with Crippen LogP contribution in [-0.2, 0) is 9.53 Å². The van der Waals surface area contributed by atoms with Crippen molar-refractivity contribution in [1.29, 1.82) is 0 Å². The Labute approximate surface area is 189 Å². The minimum Gasteiger partial charge on any atom is -0.466 e. The number of benzene rings is 1. The first-order valence-electron chi connectivity index (χ1n) is 11.0. The van der Waals surface area contributed by atoms with Crippen LogP contribution in [0.1, 0.15) is 43.5 Å². The Balaban J connectivity index is 1.69. The van der Waals surface area contributed by atoms with Gasteiger partial charge in [0, 0.05) is 35.8 Å². The third-order valence-electron chi connectivity index (χ3n) is 5.48. The number of carbonyl (C=O) groups is 2. The summed E-state index contributed by atoms with van der Waals surface area (Å²) in [6.45, 7) is 7.36. The second-order valence-corrected chi connectivity index (χ2v) is 8.62. The molecule has 3 rings (SSSR count). The molecular formula is C24H31N3O3S. The molecule has 1 aromatic heterocycles. The molecule has 31 heavy (non-hydrogen) atoms. The first kappa shape index (κ1) is 23.3. The van der Waals surface area contributed by atoms with Crippen molar-refractivity contribution in [3.05, 3.63) is 54.2 Å². The number of pyridine rings is 1. The lowest BCUT2D eigenvalue weighted by Gasteiger charge is -2.30. The highest BCUT2D eigenvalue weighted by molar-refractivity contribution is 7.99. The van der Waals surface area contributed by atoms with E-state index in [1.807, 2.05) is 47.4 Å². The predicted octanol–water partition coefficient (Wildman–Crippen LogP) is 4.11. The van der Waals surface area contributed by atoms with Gasteiger partial charge in [0.25, 0.3) is 5.91 Å². The third kappa shape index (κ3) is 6.80. The van der Waals surface area contributed by atoms with Crippen LogP contribution in [0.15, 0.2) is 58.6 Å². The molecular weight excluding hydrogens is 410 g/mol. The van der Waals surface area contributed by atoms with E-state index in [-0.39, 0.29) is 18.3 Å². The Hall–Kier alpha value is -2.38. The summed E-state index contributed by atoms with van der Waals surface area (Å²) in [7, 11) is 0. The van der Waals surface area contributed by atoms with Crippen molar-refractivity contribution in [3.63, 3.8) is 0 Å². The van der Waals surface area contributed by atoms with E-state index in [9.17, 15) is 9.59 Å². The van der Waals surface area contributed by atoms with Crippen molar-refractivity contribution in [3.8, 4) is 0 Å². The summed E-state index contributed by atoms with van der Waals surface area (Å²) < 4.78 is 5.07. The first-order chi connectivity index (χ1) is 15.1. The third-order valence-corrected chi connectivity index (χ3v) is 6.43. The van der Waals surface area contributed by atoms with Crippen LogP contribution >= 0.6 is 11.8 Å². The number of aromatic nitrogens is 1. The predicted molar refractivity (Wildman–Crippen MR) is 122 cm³/mol. The average molecular weight is 442 g/mol. The molecule has 0 spiro atoms. The molecule has 7 heteroatoms. The van der Waals surface area contributed by atoms with Crippen molar-refractivity contribution in [2.75, 3.05) is 32.8 Å². The molecule has 2 aromatic rings. The van der Waals surface area contributed by atoms with E-state index >= 15 is 0 Å². The minimum absolute atomic E-state index is 0.0402. The lowest BCUT2D eigenvalue weighted by molar-refractivity contribution is -0.143. The van der Waals surface area contributed by atoms with Crippen LogP contribution in [0.5, 0.6) is 0 Å². The van der Waals surface area contributed by atoms with Crippen molar-refractivity contribution in [1.82, 2.24) is 14.8 Å². The van der Waals surface area contributed by atoms with Gasteiger partial charge in [0.15, 0.2) is 0 Å². The first-order valence-corrected chi connectivity index (χ1v) is 11.8. The molecule has 1 fully saturated rings. The molecule has 1 atom stereocenters. The zero-order chi connectivity index (χ0) is 22.1. The summed E-state index contributed by atoms with van der Waals surface area (Å²) in [5.74, 6) is -0.303. The van der Waals surface area contributed by atoms with Crippen LogP contribution in [0.4, 0.5) is 0 Å². The quantitative estimate of drug-likeness (QED) is 0.517. The standard InChI is InChI=1S/C24H31N3O3S/c1-3-26-16-7-8-20(26)18-27(17-14-23(28)30-4-2)24(29)19-10-12-21(13-11-19)31-22-9-5-6-15-25-22/h5-6,9-13,15,20H,3-4,7-8,14,16-18H2,1-2H3. The van der Waals surface area contributed by atoms with Crippen LogP contribution in [0.25, 0.3) is 0 Å². The SMILES string of the molecule is CCOC(=O)CCN(CC1CCCN1CC)C(=O)c1ccc(Sc2ccccn2)cc1. The van der Waals surface area contributed by atoms with Crippen LogP contribution < -0.4 is 0 Å². The van der Waals surface area contributed by atoms with Gasteiger partial charge in [-0.2, -0.15) is 0 Å². The van der Waals surface area contributed by atoms with Gasteiger partial charge in [0.05, 0.1) is 13.0 Å². The Kier molecular flexibility index (Phi) is 8.91. The fraction of sp³-hybridized carbons (Fsp3) is 0.458. The number of nitrogens with zero attached hydrogens (tertiary/aromatic N) is 3. The van der Waals surface area contributed by atoms with Gasteiger partial charge < -0.3 is 9.64 Å². The molecule has 0 bridgehead atoms. The Morgan fingerprint density at radius 3 is 2.68 bits per heavy atom. The summed E-state index contributed by atoms with van der Waals surface area (Å²) >= 11 is 1.56. The monoisotopic (exact) mass is 441 g/mol. The van der Waals surface area contributed by atoms with E-state index in [1.165, 1.54) is 0 Å². The summed E-state index contributed by atoms with van der Waals surface area (Å²) in [5.41, 5.74) is 0.635. The van der Waals surface area contributed by atoms with E-state index in [0.29, 0.717) is 31.3 Å². The van der Waals surface area contributed by atoms with Gasteiger partial charge in [-0.25, -0.2) is 4.98 Å². The highest BCUT2D eigenvalue weighted by Gasteiger charge is 2.28. The fourth-order valence-corrected chi connectivity index (χ4v) is 4.66. The van der Waals surface area contributed by atoms with Crippen LogP contribution in [0, 0.1) is 0 Å². The van der Waals surface area contributed by atoms with E-state index in [1.54, 1.807) is 24.9 Å². The molecule has 1 saturated heterocycles. The number of esters is 1. The smallest absolute Gasteiger partial charge is 0.307 e. The number of amides is 1. The van der Waals surface area contributed by atoms with Crippen LogP contribution in [0.2, 0.25) is 0 Å². The fourth-order valence-electron chi connectivity index (χ4n) is 3.88. The molecule has 166 valence electrons. The summed E-state index contributed by atoms with van der Waals surface area (Å²) in [6.07, 6.45) is 4.21. The van der Waals surface area contributed by atoms with Crippen molar-refractivity contribution >= 4 is 23.6 Å². The lowest BCUT2D eigenvalue weighted by Crippen LogP contribution is -2.44. The molecule has 1 aliphatic heterocycles. The molecule has 1 aliphatic rings. The van der Waals surface area contributed by atoms with Crippen molar-refractivity contribution in [2.45, 2.75) is 49.1 Å². The molecule has 1 unspecified atom stereocenters. The normalized spacial score (nSPS) is 16.3. The number of hydrogen-bond donors (Lipinski definition) is 0. The second-order valence-electron chi connectivity index (χ2n) is 7.53. The maximum Gasteiger partial charge on any atom is 0.307 e. The molecule has 0 radical (unpaired) electrons. The average Bonchev–Trinajstić information content (AvgIpc) is 3.25. The van der Waals surface area contributed by atoms with Gasteiger partial charge >= 0.3 is 5.97 Å². The highest BCUT2D eigenvalue weighted by atomic mass is 32.2. The molecule has 2 heterocycles. The molecule has 0 saturated carbocycles. The van der Waals surface area contributed by atoms with Gasteiger partial charge in [-0.1, -0.05) is 24.8 Å². The molecule has 6 nitrogen and oxygen atoms in total. The number of carbonyl (C=O) groups excluding carboxylic acids is 2. The summed E-state index contributed by atoms with van der Waals surface area (Å²) in [5, 5.41) is 0.915. The number of hydrogen-bond acceptors (Lipinski definition) is 6. The molecule has 1 amide bonds. The van der Waals surface area contributed by atoms with Crippen LogP contribution in [0.3, 0.4) is 0 Å². The summed E-state index contributed by atoms with van der Waals surface area (Å²) in [6, 6.07) is 13.8. The van der Waals surface area contributed by atoms with E-state index in [0.717, 1.165) is 35.9 Å². The molecule has 0 aliphatic carbocycles.